The van der Waals surface area contributed by atoms with Gasteiger partial charge < -0.3 is 25.5 Å². The van der Waals surface area contributed by atoms with E-state index in [9.17, 15) is 9.90 Å². The summed E-state index contributed by atoms with van der Waals surface area (Å²) in [4.78, 5) is 19.4. The van der Waals surface area contributed by atoms with Crippen LogP contribution in [-0.2, 0) is 9.59 Å². The van der Waals surface area contributed by atoms with Crippen LogP contribution in [0.25, 0.3) is 0 Å². The third kappa shape index (κ3) is 34.9. The Bertz CT molecular complexity index is 302. The van der Waals surface area contributed by atoms with Gasteiger partial charge in [-0.1, -0.05) is 96.8 Å². The van der Waals surface area contributed by atoms with Crippen molar-refractivity contribution in [2.24, 2.45) is 5.73 Å². The Morgan fingerprint density at radius 1 is 0.615 bits per heavy atom. The molecule has 0 aromatic carbocycles. The van der Waals surface area contributed by atoms with Crippen LogP contribution in [0.2, 0.25) is 0 Å². The molecule has 0 amide bonds. The monoisotopic (exact) mass is 381 g/mol. The van der Waals surface area contributed by atoms with E-state index in [2.05, 4.69) is 12.7 Å². The van der Waals surface area contributed by atoms with Gasteiger partial charge in [-0.15, -0.1) is 0 Å². The fourth-order valence-corrected chi connectivity index (χ4v) is 2.64. The average molecular weight is 382 g/mol. The van der Waals surface area contributed by atoms with Crippen molar-refractivity contribution in [2.75, 3.05) is 6.54 Å². The van der Waals surface area contributed by atoms with Gasteiger partial charge in [0.25, 0.3) is 0 Å². The molecule has 0 fully saturated rings. The summed E-state index contributed by atoms with van der Waals surface area (Å²) in [6, 6.07) is 0. The van der Waals surface area contributed by atoms with Crippen molar-refractivity contribution in [3.05, 3.63) is 0 Å². The minimum atomic E-state index is -1.22. The van der Waals surface area contributed by atoms with Gasteiger partial charge in [-0.2, -0.15) is 0 Å². The summed E-state index contributed by atoms with van der Waals surface area (Å²) in [5.41, 5.74) is 4.51. The summed E-state index contributed by atoms with van der Waals surface area (Å²) in [7, 11) is 0. The molecule has 0 saturated carbocycles. The molecule has 0 aliphatic heterocycles. The summed E-state index contributed by atoms with van der Waals surface area (Å²) >= 11 is 0. The number of carbonyl (C=O) groups is 2. The zero-order chi connectivity index (χ0) is 19.2. The molecular weight excluding hydrogens is 343 g/mol. The number of rotatable bonds is 17. The Labute approximate surface area is 176 Å². The van der Waals surface area contributed by atoms with Crippen molar-refractivity contribution in [3.63, 3.8) is 0 Å². The summed E-state index contributed by atoms with van der Waals surface area (Å²) < 4.78 is 0. The first-order valence-electron chi connectivity index (χ1n) is 10.1. The molecule has 0 aromatic rings. The Hall–Kier alpha value is -0.334. The van der Waals surface area contributed by atoms with Crippen LogP contribution in [-0.4, -0.2) is 41.5 Å². The summed E-state index contributed by atoms with van der Waals surface area (Å²) in [6.07, 6.45) is 19.9. The Morgan fingerprint density at radius 2 is 0.885 bits per heavy atom. The summed E-state index contributed by atoms with van der Waals surface area (Å²) in [6.45, 7) is 1.88. The van der Waals surface area contributed by atoms with E-state index in [0.717, 1.165) is 12.8 Å². The van der Waals surface area contributed by atoms with Gasteiger partial charge in [-0.25, -0.2) is 0 Å². The molecule has 0 aliphatic carbocycles. The van der Waals surface area contributed by atoms with Gasteiger partial charge in [-0.3, -0.25) is 0 Å². The summed E-state index contributed by atoms with van der Waals surface area (Å²) in [5, 5.41) is 19.4. The van der Waals surface area contributed by atoms with Crippen molar-refractivity contribution in [1.29, 1.82) is 0 Å². The minimum absolute atomic E-state index is 0. The molecule has 150 valence electrons. The Morgan fingerprint density at radius 3 is 1.12 bits per heavy atom. The van der Waals surface area contributed by atoms with Gasteiger partial charge >= 0.3 is 23.1 Å². The molecule has 0 heterocycles. The molecule has 2 N–H and O–H groups in total. The predicted molar refractivity (Wildman–Crippen MR) is 104 cm³/mol. The van der Waals surface area contributed by atoms with Crippen LogP contribution >= 0.6 is 0 Å². The molecule has 0 atom stereocenters. The molecule has 0 spiro atoms. The summed E-state index contributed by atoms with van der Waals surface area (Å²) in [5.74, 6) is -2.12. The molecule has 0 saturated heterocycles. The average Bonchev–Trinajstić information content (AvgIpc) is 2.58. The van der Waals surface area contributed by atoms with E-state index in [4.69, 9.17) is 9.90 Å². The van der Waals surface area contributed by atoms with Gasteiger partial charge in [0.2, 0.25) is 0 Å². The maximum atomic E-state index is 10.2. The quantitative estimate of drug-likeness (QED) is 0.307. The maximum Gasteiger partial charge on any atom is 2.00 e. The SMILES string of the molecule is CCCCCCCCCCCCCCCCCC(=O)[O-].NCC(=O)[O-].[Mg+2]. The maximum absolute atomic E-state index is 10.2. The van der Waals surface area contributed by atoms with Crippen LogP contribution in [0.4, 0.5) is 0 Å². The van der Waals surface area contributed by atoms with E-state index < -0.39 is 11.9 Å². The number of unbranched alkanes of at least 4 members (excludes halogenated alkanes) is 14. The molecule has 26 heavy (non-hydrogen) atoms. The third-order valence-corrected chi connectivity index (χ3v) is 4.15. The van der Waals surface area contributed by atoms with Gasteiger partial charge in [0, 0.05) is 12.5 Å². The molecule has 0 radical (unpaired) electrons. The van der Waals surface area contributed by atoms with Crippen LogP contribution in [0.3, 0.4) is 0 Å². The predicted octanol–water partition coefficient (Wildman–Crippen LogP) is 2.31. The van der Waals surface area contributed by atoms with Crippen LogP contribution in [0.15, 0.2) is 0 Å². The van der Waals surface area contributed by atoms with Gasteiger partial charge in [-0.05, 0) is 12.8 Å². The minimum Gasteiger partial charge on any atom is -0.550 e. The van der Waals surface area contributed by atoms with Crippen molar-refractivity contribution >= 4 is 35.0 Å². The molecule has 5 nitrogen and oxygen atoms in total. The molecule has 0 unspecified atom stereocenters. The zero-order valence-corrected chi connectivity index (χ0v) is 18.4. The van der Waals surface area contributed by atoms with Gasteiger partial charge in [0.15, 0.2) is 0 Å². The van der Waals surface area contributed by atoms with E-state index in [1.165, 1.54) is 83.5 Å². The molecule has 0 bridgehead atoms. The topological polar surface area (TPSA) is 106 Å². The fourth-order valence-electron chi connectivity index (χ4n) is 2.64. The zero-order valence-electron chi connectivity index (χ0n) is 16.9. The standard InChI is InChI=1S/C18H36O2.C2H5NO2.Mg/c1-2-3-4-5-6-7-8-9-10-11-12-13-14-15-16-17-18(19)20;3-1-2(4)5;/h2-17H2,1H3,(H,19,20);1,3H2,(H,4,5);/q;;+2/p-2. The van der Waals surface area contributed by atoms with E-state index >= 15 is 0 Å². The van der Waals surface area contributed by atoms with E-state index in [0.29, 0.717) is 0 Å². The first-order chi connectivity index (χ1) is 12.0. The van der Waals surface area contributed by atoms with E-state index in [1.807, 2.05) is 0 Å². The number of hydrogen-bond donors (Lipinski definition) is 1. The molecule has 0 rings (SSSR count). The van der Waals surface area contributed by atoms with Crippen LogP contribution < -0.4 is 15.9 Å². The number of nitrogens with two attached hydrogens (primary N) is 1. The number of carbonyl (C=O) groups excluding carboxylic acids is 2. The first-order valence-corrected chi connectivity index (χ1v) is 10.1. The Balaban J connectivity index is -0.000000772. The van der Waals surface area contributed by atoms with Crippen LogP contribution in [0.5, 0.6) is 0 Å². The van der Waals surface area contributed by atoms with Crippen LogP contribution in [0.1, 0.15) is 110 Å². The number of carboxylic acids is 2. The smallest absolute Gasteiger partial charge is 0.550 e. The molecule has 0 aromatic heterocycles. The van der Waals surface area contributed by atoms with Crippen molar-refractivity contribution in [2.45, 2.75) is 110 Å². The largest absolute Gasteiger partial charge is 2.00 e. The van der Waals surface area contributed by atoms with E-state index in [-0.39, 0.29) is 36.0 Å². The van der Waals surface area contributed by atoms with Crippen LogP contribution in [0, 0.1) is 0 Å². The second-order valence-electron chi connectivity index (χ2n) is 6.65. The first kappa shape index (κ1) is 30.4. The normalized spacial score (nSPS) is 9.77. The fraction of sp³-hybridized carbons (Fsp3) is 0.900. The van der Waals surface area contributed by atoms with E-state index in [1.54, 1.807) is 0 Å². The number of hydrogen-bond acceptors (Lipinski definition) is 5. The third-order valence-electron chi connectivity index (χ3n) is 4.15. The van der Waals surface area contributed by atoms with Gasteiger partial charge in [0.05, 0.1) is 5.97 Å². The van der Waals surface area contributed by atoms with Crippen molar-refractivity contribution in [1.82, 2.24) is 0 Å². The molecule has 6 heteroatoms. The Kier molecular flexibility index (Phi) is 31.4. The number of carboxylic acid groups (broad SMARTS) is 2. The number of aliphatic carboxylic acids is 2. The molecular formula is C20H39MgNO4. The van der Waals surface area contributed by atoms with Crippen molar-refractivity contribution < 1.29 is 19.8 Å². The second kappa shape index (κ2) is 26.9. The van der Waals surface area contributed by atoms with Gasteiger partial charge in [0.1, 0.15) is 0 Å². The van der Waals surface area contributed by atoms with Crippen molar-refractivity contribution in [3.8, 4) is 0 Å². The second-order valence-corrected chi connectivity index (χ2v) is 6.65. The molecule has 0 aliphatic rings.